The van der Waals surface area contributed by atoms with Crippen molar-refractivity contribution in [3.8, 4) is 5.75 Å². The van der Waals surface area contributed by atoms with Gasteiger partial charge in [-0.1, -0.05) is 103 Å². The molecule has 0 aromatic heterocycles. The number of halogens is 1. The largest absolute Gasteiger partial charge is 0.495 e. The Balaban J connectivity index is 1.59. The third-order valence-corrected chi connectivity index (χ3v) is 10.5. The van der Waals surface area contributed by atoms with Gasteiger partial charge in [-0.05, 0) is 61.2 Å². The smallest absolute Gasteiger partial charge is 0.264 e. The summed E-state index contributed by atoms with van der Waals surface area (Å²) in [5.74, 6) is -0.584. The van der Waals surface area contributed by atoms with Crippen LogP contribution in [0.25, 0.3) is 0 Å². The van der Waals surface area contributed by atoms with Crippen LogP contribution in [0.1, 0.15) is 42.4 Å². The molecule has 0 unspecified atom stereocenters. The maximum Gasteiger partial charge on any atom is 0.264 e. The molecule has 1 N–H and O–H groups in total. The van der Waals surface area contributed by atoms with Crippen LogP contribution in [0, 0.1) is 6.92 Å². The number of nitrogens with zero attached hydrogens (tertiary/aromatic N) is 2. The molecule has 4 aromatic rings. The van der Waals surface area contributed by atoms with E-state index in [4.69, 9.17) is 16.3 Å². The zero-order valence-electron chi connectivity index (χ0n) is 26.6. The van der Waals surface area contributed by atoms with Gasteiger partial charge in [0.15, 0.2) is 0 Å². The molecule has 0 heterocycles. The Bertz CT molecular complexity index is 1760. The van der Waals surface area contributed by atoms with Crippen molar-refractivity contribution in [3.63, 3.8) is 0 Å². The molecule has 246 valence electrons. The number of hydrogen-bond donors (Lipinski definition) is 1. The normalized spacial score (nSPS) is 13.9. The molecule has 1 aliphatic carbocycles. The maximum atomic E-state index is 14.7. The molecule has 0 aliphatic heterocycles. The fraction of sp³-hybridized carbons (Fsp3) is 0.297. The number of carbonyl (C=O) groups excluding carboxylic acids is 2. The molecular formula is C37H40ClN3O5S. The van der Waals surface area contributed by atoms with Gasteiger partial charge in [0.2, 0.25) is 11.8 Å². The van der Waals surface area contributed by atoms with Crippen LogP contribution in [0.2, 0.25) is 5.02 Å². The number of nitrogens with one attached hydrogen (secondary N) is 1. The fourth-order valence-electron chi connectivity index (χ4n) is 5.91. The van der Waals surface area contributed by atoms with Gasteiger partial charge in [-0.25, -0.2) is 8.42 Å². The summed E-state index contributed by atoms with van der Waals surface area (Å²) in [5, 5.41) is 3.46. The lowest BCUT2D eigenvalue weighted by Gasteiger charge is -2.34. The summed E-state index contributed by atoms with van der Waals surface area (Å²) < 4.78 is 35.3. The van der Waals surface area contributed by atoms with Gasteiger partial charge < -0.3 is 15.0 Å². The molecule has 0 bridgehead atoms. The zero-order chi connectivity index (χ0) is 33.4. The van der Waals surface area contributed by atoms with Gasteiger partial charge >= 0.3 is 0 Å². The fourth-order valence-corrected chi connectivity index (χ4v) is 7.49. The van der Waals surface area contributed by atoms with Crippen LogP contribution < -0.4 is 14.4 Å². The first-order chi connectivity index (χ1) is 22.7. The van der Waals surface area contributed by atoms with Crippen LogP contribution in [-0.4, -0.2) is 50.9 Å². The van der Waals surface area contributed by atoms with Crippen LogP contribution in [0.4, 0.5) is 5.69 Å². The van der Waals surface area contributed by atoms with E-state index in [1.54, 1.807) is 24.3 Å². The number of ether oxygens (including phenoxy) is 1. The second-order valence-corrected chi connectivity index (χ2v) is 14.1. The van der Waals surface area contributed by atoms with E-state index in [-0.39, 0.29) is 46.3 Å². The molecular weight excluding hydrogens is 634 g/mol. The second kappa shape index (κ2) is 15.5. The number of benzene rings is 4. The van der Waals surface area contributed by atoms with E-state index in [0.29, 0.717) is 0 Å². The Hall–Kier alpha value is -4.34. The van der Waals surface area contributed by atoms with E-state index < -0.39 is 28.5 Å². The summed E-state index contributed by atoms with van der Waals surface area (Å²) in [6.45, 7) is 1.37. The first-order valence-corrected chi connectivity index (χ1v) is 17.6. The summed E-state index contributed by atoms with van der Waals surface area (Å²) in [6, 6.07) is 29.1. The lowest BCUT2D eigenvalue weighted by molar-refractivity contribution is -0.140. The van der Waals surface area contributed by atoms with Crippen molar-refractivity contribution in [3.05, 3.63) is 125 Å². The number of sulfonamides is 1. The van der Waals surface area contributed by atoms with Gasteiger partial charge in [-0.2, -0.15) is 0 Å². The Morgan fingerprint density at radius 2 is 1.51 bits per heavy atom. The third kappa shape index (κ3) is 8.53. The minimum atomic E-state index is -4.30. The summed E-state index contributed by atoms with van der Waals surface area (Å²) >= 11 is 6.38. The summed E-state index contributed by atoms with van der Waals surface area (Å²) in [5.41, 5.74) is 2.69. The molecule has 10 heteroatoms. The summed E-state index contributed by atoms with van der Waals surface area (Å²) in [6.07, 6.45) is 4.09. The molecule has 1 fully saturated rings. The molecule has 8 nitrogen and oxygen atoms in total. The minimum Gasteiger partial charge on any atom is -0.495 e. The molecule has 1 aliphatic rings. The predicted molar refractivity (Wildman–Crippen MR) is 185 cm³/mol. The molecule has 1 atom stereocenters. The lowest BCUT2D eigenvalue weighted by Crippen LogP contribution is -2.54. The van der Waals surface area contributed by atoms with Gasteiger partial charge in [-0.15, -0.1) is 0 Å². The van der Waals surface area contributed by atoms with Crippen molar-refractivity contribution in [2.75, 3.05) is 18.0 Å². The highest BCUT2D eigenvalue weighted by Crippen LogP contribution is 2.35. The first kappa shape index (κ1) is 34.0. The van der Waals surface area contributed by atoms with E-state index in [9.17, 15) is 18.0 Å². The predicted octanol–water partition coefficient (Wildman–Crippen LogP) is 6.55. The monoisotopic (exact) mass is 673 g/mol. The van der Waals surface area contributed by atoms with Crippen molar-refractivity contribution in [1.82, 2.24) is 10.2 Å². The molecule has 0 saturated heterocycles. The Morgan fingerprint density at radius 1 is 0.894 bits per heavy atom. The Labute approximate surface area is 282 Å². The minimum absolute atomic E-state index is 0.00681. The standard InChI is InChI=1S/C37H40ClN3O5S/c1-27-17-20-32(21-18-27)47(44,45)41(33-24-30(38)19-22-35(33)46-2)26-36(42)40(25-29-13-7-4-8-14-29)34(23-28-11-5-3-6-12-28)37(43)39-31-15-9-10-16-31/h3-8,11-14,17-22,24,31,34H,9-10,15-16,23,25-26H2,1-2H3,(H,39,43)/t34-/m1/s1. The van der Waals surface area contributed by atoms with Gasteiger partial charge in [0.1, 0.15) is 18.3 Å². The van der Waals surface area contributed by atoms with Crippen molar-refractivity contribution < 1.29 is 22.7 Å². The van der Waals surface area contributed by atoms with E-state index in [1.165, 1.54) is 30.2 Å². The number of aryl methyl sites for hydroxylation is 1. The Kier molecular flexibility index (Phi) is 11.2. The topological polar surface area (TPSA) is 96.0 Å². The lowest BCUT2D eigenvalue weighted by atomic mass is 10.0. The SMILES string of the molecule is COc1ccc(Cl)cc1N(CC(=O)N(Cc1ccccc1)[C@H](Cc1ccccc1)C(=O)NC1CCCC1)S(=O)(=O)c1ccc(C)cc1. The molecule has 4 aromatic carbocycles. The highest BCUT2D eigenvalue weighted by molar-refractivity contribution is 7.92. The summed E-state index contributed by atoms with van der Waals surface area (Å²) in [7, 11) is -2.87. The molecule has 0 radical (unpaired) electrons. The van der Waals surface area contributed by atoms with Crippen molar-refractivity contribution in [1.29, 1.82) is 0 Å². The number of anilines is 1. The number of rotatable bonds is 13. The van der Waals surface area contributed by atoms with E-state index in [2.05, 4.69) is 5.32 Å². The van der Waals surface area contributed by atoms with Crippen molar-refractivity contribution in [2.24, 2.45) is 0 Å². The second-order valence-electron chi connectivity index (χ2n) is 11.8. The van der Waals surface area contributed by atoms with Gasteiger partial charge in [0.25, 0.3) is 10.0 Å². The molecule has 47 heavy (non-hydrogen) atoms. The average molecular weight is 674 g/mol. The van der Waals surface area contributed by atoms with Crippen LogP contribution in [0.5, 0.6) is 5.75 Å². The van der Waals surface area contributed by atoms with Crippen LogP contribution in [0.15, 0.2) is 108 Å². The number of methoxy groups -OCH3 is 1. The van der Waals surface area contributed by atoms with Gasteiger partial charge in [-0.3, -0.25) is 13.9 Å². The molecule has 0 spiro atoms. The van der Waals surface area contributed by atoms with Crippen LogP contribution in [-0.2, 0) is 32.6 Å². The zero-order valence-corrected chi connectivity index (χ0v) is 28.2. The first-order valence-electron chi connectivity index (χ1n) is 15.8. The highest BCUT2D eigenvalue weighted by atomic mass is 35.5. The number of amides is 2. The number of carbonyl (C=O) groups is 2. The van der Waals surface area contributed by atoms with E-state index >= 15 is 0 Å². The van der Waals surface area contributed by atoms with E-state index in [1.807, 2.05) is 67.6 Å². The van der Waals surface area contributed by atoms with Gasteiger partial charge in [0.05, 0.1) is 17.7 Å². The van der Waals surface area contributed by atoms with Gasteiger partial charge in [0, 0.05) is 24.0 Å². The van der Waals surface area contributed by atoms with Crippen molar-refractivity contribution in [2.45, 2.75) is 62.6 Å². The number of hydrogen-bond acceptors (Lipinski definition) is 5. The quantitative estimate of drug-likeness (QED) is 0.174. The third-order valence-electron chi connectivity index (χ3n) is 8.47. The maximum absolute atomic E-state index is 14.7. The van der Waals surface area contributed by atoms with Crippen molar-refractivity contribution >= 4 is 39.1 Å². The molecule has 1 saturated carbocycles. The van der Waals surface area contributed by atoms with Crippen LogP contribution in [0.3, 0.4) is 0 Å². The Morgan fingerprint density at radius 3 is 2.13 bits per heavy atom. The molecule has 2 amide bonds. The average Bonchev–Trinajstić information content (AvgIpc) is 3.59. The van der Waals surface area contributed by atoms with Crippen LogP contribution >= 0.6 is 11.6 Å². The molecule has 5 rings (SSSR count). The highest BCUT2D eigenvalue weighted by Gasteiger charge is 2.36. The van der Waals surface area contributed by atoms with E-state index in [0.717, 1.165) is 46.7 Å². The summed E-state index contributed by atoms with van der Waals surface area (Å²) in [4.78, 5) is 30.3.